The van der Waals surface area contributed by atoms with Crippen LogP contribution in [0.25, 0.3) is 10.9 Å². The second-order valence-electron chi connectivity index (χ2n) is 7.12. The molecular weight excluding hydrogens is 354 g/mol. The van der Waals surface area contributed by atoms with Crippen LogP contribution in [0.5, 0.6) is 0 Å². The van der Waals surface area contributed by atoms with Gasteiger partial charge < -0.3 is 11.1 Å². The summed E-state index contributed by atoms with van der Waals surface area (Å²) in [5.41, 5.74) is 8.69. The molecule has 0 aliphatic carbocycles. The number of aromatic nitrogens is 3. The molecular formula is C21H25N5O2. The first-order valence-corrected chi connectivity index (χ1v) is 9.40. The number of aryl methyl sites for hydroxylation is 1. The Morgan fingerprint density at radius 3 is 2.50 bits per heavy atom. The average molecular weight is 379 g/mol. The highest BCUT2D eigenvalue weighted by Gasteiger charge is 2.11. The van der Waals surface area contributed by atoms with Gasteiger partial charge in [-0.15, -0.1) is 5.10 Å². The van der Waals surface area contributed by atoms with Crippen molar-refractivity contribution in [3.8, 4) is 0 Å². The Kier molecular flexibility index (Phi) is 6.16. The van der Waals surface area contributed by atoms with Gasteiger partial charge in [0.25, 0.3) is 5.56 Å². The average Bonchev–Trinajstić information content (AvgIpc) is 2.71. The lowest BCUT2D eigenvalue weighted by atomic mass is 9.99. The molecule has 7 nitrogen and oxygen atoms in total. The summed E-state index contributed by atoms with van der Waals surface area (Å²) in [7, 11) is 0. The number of fused-ring (bicyclic) bond motifs is 1. The highest BCUT2D eigenvalue weighted by molar-refractivity contribution is 5.77. The molecule has 0 aliphatic heterocycles. The first-order valence-electron chi connectivity index (χ1n) is 9.40. The molecule has 28 heavy (non-hydrogen) atoms. The van der Waals surface area contributed by atoms with Crippen LogP contribution in [0.1, 0.15) is 43.4 Å². The third-order valence-electron chi connectivity index (χ3n) is 4.73. The largest absolute Gasteiger partial charge is 0.354 e. The minimum absolute atomic E-state index is 0.131. The van der Waals surface area contributed by atoms with Gasteiger partial charge in [-0.2, -0.15) is 0 Å². The van der Waals surface area contributed by atoms with Crippen LogP contribution in [-0.2, 0) is 11.3 Å². The summed E-state index contributed by atoms with van der Waals surface area (Å²) in [5, 5.41) is 11.2. The first-order chi connectivity index (χ1) is 13.5. The first kappa shape index (κ1) is 19.7. The number of carbonyl (C=O) groups excluding carboxylic acids is 1. The van der Waals surface area contributed by atoms with Crippen LogP contribution in [0, 0.1) is 0 Å². The number of nitrogens with one attached hydrogen (secondary N) is 1. The van der Waals surface area contributed by atoms with Crippen LogP contribution >= 0.6 is 0 Å². The number of carbonyl (C=O) groups is 1. The summed E-state index contributed by atoms with van der Waals surface area (Å²) >= 11 is 0. The molecule has 3 aromatic rings. The third kappa shape index (κ3) is 4.61. The molecule has 0 radical (unpaired) electrons. The predicted octanol–water partition coefficient (Wildman–Crippen LogP) is 2.12. The molecule has 7 heteroatoms. The maximum absolute atomic E-state index is 12.4. The fourth-order valence-corrected chi connectivity index (χ4v) is 2.94. The smallest absolute Gasteiger partial charge is 0.277 e. The van der Waals surface area contributed by atoms with Crippen molar-refractivity contribution in [2.75, 3.05) is 6.54 Å². The maximum Gasteiger partial charge on any atom is 0.277 e. The van der Waals surface area contributed by atoms with Gasteiger partial charge in [-0.1, -0.05) is 55.5 Å². The number of rotatable bonds is 7. The van der Waals surface area contributed by atoms with E-state index in [4.69, 9.17) is 5.73 Å². The van der Waals surface area contributed by atoms with Crippen LogP contribution in [0.2, 0.25) is 0 Å². The number of amides is 1. The Bertz CT molecular complexity index is 1010. The van der Waals surface area contributed by atoms with Gasteiger partial charge in [-0.05, 0) is 29.2 Å². The highest BCUT2D eigenvalue weighted by atomic mass is 16.2. The molecule has 3 rings (SSSR count). The van der Waals surface area contributed by atoms with E-state index in [1.165, 1.54) is 10.2 Å². The Balaban J connectivity index is 1.53. The van der Waals surface area contributed by atoms with Crippen molar-refractivity contribution < 1.29 is 4.79 Å². The molecule has 1 amide bonds. The monoisotopic (exact) mass is 379 g/mol. The van der Waals surface area contributed by atoms with Gasteiger partial charge in [0.15, 0.2) is 0 Å². The van der Waals surface area contributed by atoms with Gasteiger partial charge in [0.05, 0.1) is 11.9 Å². The maximum atomic E-state index is 12.4. The Labute approximate surface area is 163 Å². The summed E-state index contributed by atoms with van der Waals surface area (Å²) in [6.07, 6.45) is 0.131. The standard InChI is InChI=1S/C21H25N5O2/c1-14(2)15-7-9-16(10-8-15)18(22)13-23-20(27)11-12-26-21(28)17-5-3-4-6-19(17)24-25-26/h3-10,14,18H,11-13,22H2,1-2H3,(H,23,27). The molecule has 0 saturated carbocycles. The molecule has 1 aromatic heterocycles. The molecule has 0 saturated heterocycles. The van der Waals surface area contributed by atoms with E-state index in [1.807, 2.05) is 12.1 Å². The SMILES string of the molecule is CC(C)c1ccc(C(N)CNC(=O)CCn2nnc3ccccc3c2=O)cc1. The summed E-state index contributed by atoms with van der Waals surface area (Å²) < 4.78 is 1.21. The normalized spacial score (nSPS) is 12.3. The molecule has 0 bridgehead atoms. The number of hydrogen-bond acceptors (Lipinski definition) is 5. The number of hydrogen-bond donors (Lipinski definition) is 2. The van der Waals surface area contributed by atoms with Gasteiger partial charge in [0, 0.05) is 19.0 Å². The Morgan fingerprint density at radius 1 is 1.11 bits per heavy atom. The van der Waals surface area contributed by atoms with E-state index in [2.05, 4.69) is 41.6 Å². The minimum atomic E-state index is -0.284. The molecule has 1 heterocycles. The summed E-state index contributed by atoms with van der Waals surface area (Å²) in [6.45, 7) is 4.78. The topological polar surface area (TPSA) is 103 Å². The molecule has 0 aliphatic rings. The Morgan fingerprint density at radius 2 is 1.79 bits per heavy atom. The van der Waals surface area contributed by atoms with Gasteiger partial charge in [-0.3, -0.25) is 9.59 Å². The van der Waals surface area contributed by atoms with E-state index in [9.17, 15) is 9.59 Å². The molecule has 1 unspecified atom stereocenters. The quantitative estimate of drug-likeness (QED) is 0.654. The summed E-state index contributed by atoms with van der Waals surface area (Å²) in [4.78, 5) is 24.5. The molecule has 3 N–H and O–H groups in total. The van der Waals surface area contributed by atoms with Crippen molar-refractivity contribution in [2.45, 2.75) is 38.8 Å². The van der Waals surface area contributed by atoms with Crippen molar-refractivity contribution in [1.29, 1.82) is 0 Å². The van der Waals surface area contributed by atoms with Crippen molar-refractivity contribution in [2.24, 2.45) is 5.73 Å². The van der Waals surface area contributed by atoms with Gasteiger partial charge >= 0.3 is 0 Å². The lowest BCUT2D eigenvalue weighted by molar-refractivity contribution is -0.121. The minimum Gasteiger partial charge on any atom is -0.354 e. The van der Waals surface area contributed by atoms with Gasteiger partial charge in [0.1, 0.15) is 5.52 Å². The predicted molar refractivity (Wildman–Crippen MR) is 109 cm³/mol. The number of benzene rings is 2. The van der Waals surface area contributed by atoms with Gasteiger partial charge in [0.2, 0.25) is 5.91 Å². The van der Waals surface area contributed by atoms with Crippen molar-refractivity contribution in [3.05, 3.63) is 70.0 Å². The van der Waals surface area contributed by atoms with E-state index in [1.54, 1.807) is 24.3 Å². The number of nitrogens with two attached hydrogens (primary N) is 1. The molecule has 2 aromatic carbocycles. The van der Waals surface area contributed by atoms with Crippen molar-refractivity contribution in [1.82, 2.24) is 20.3 Å². The third-order valence-corrected chi connectivity index (χ3v) is 4.73. The lowest BCUT2D eigenvalue weighted by Gasteiger charge is -2.14. The summed E-state index contributed by atoms with van der Waals surface area (Å²) in [6, 6.07) is 14.8. The highest BCUT2D eigenvalue weighted by Crippen LogP contribution is 2.17. The van der Waals surface area contributed by atoms with E-state index in [0.717, 1.165) is 5.56 Å². The van der Waals surface area contributed by atoms with Crippen LogP contribution in [0.15, 0.2) is 53.3 Å². The summed E-state index contributed by atoms with van der Waals surface area (Å²) in [5.74, 6) is 0.280. The van der Waals surface area contributed by atoms with E-state index in [-0.39, 0.29) is 30.5 Å². The van der Waals surface area contributed by atoms with E-state index in [0.29, 0.717) is 23.4 Å². The molecule has 0 fully saturated rings. The lowest BCUT2D eigenvalue weighted by Crippen LogP contribution is -2.33. The van der Waals surface area contributed by atoms with E-state index < -0.39 is 0 Å². The van der Waals surface area contributed by atoms with Crippen LogP contribution < -0.4 is 16.6 Å². The fourth-order valence-electron chi connectivity index (χ4n) is 2.94. The second-order valence-corrected chi connectivity index (χ2v) is 7.12. The molecule has 1 atom stereocenters. The van der Waals surface area contributed by atoms with E-state index >= 15 is 0 Å². The zero-order valence-electron chi connectivity index (χ0n) is 16.1. The Hall–Kier alpha value is -3.06. The van der Waals surface area contributed by atoms with Crippen LogP contribution in [0.3, 0.4) is 0 Å². The van der Waals surface area contributed by atoms with Gasteiger partial charge in [-0.25, -0.2) is 4.68 Å². The van der Waals surface area contributed by atoms with Crippen molar-refractivity contribution in [3.63, 3.8) is 0 Å². The number of nitrogens with zero attached hydrogens (tertiary/aromatic N) is 3. The fraction of sp³-hybridized carbons (Fsp3) is 0.333. The molecule has 0 spiro atoms. The van der Waals surface area contributed by atoms with Crippen LogP contribution in [-0.4, -0.2) is 27.4 Å². The van der Waals surface area contributed by atoms with Crippen molar-refractivity contribution >= 4 is 16.8 Å². The molecule has 146 valence electrons. The van der Waals surface area contributed by atoms with Crippen LogP contribution in [0.4, 0.5) is 0 Å². The zero-order valence-corrected chi connectivity index (χ0v) is 16.1. The second kappa shape index (κ2) is 8.75. The zero-order chi connectivity index (χ0) is 20.1.